The number of hydrogen-bond acceptors (Lipinski definition) is 6. The average Bonchev–Trinajstić information content (AvgIpc) is 2.92. The maximum atomic E-state index is 14.6. The molecule has 0 saturated carbocycles. The molecule has 0 spiro atoms. The molecule has 38 heavy (non-hydrogen) atoms. The van der Waals surface area contributed by atoms with Gasteiger partial charge in [0.05, 0.1) is 31.9 Å². The average molecular weight is 524 g/mol. The van der Waals surface area contributed by atoms with E-state index in [2.05, 4.69) is 10.2 Å². The second kappa shape index (κ2) is 12.8. The zero-order chi connectivity index (χ0) is 27.1. The van der Waals surface area contributed by atoms with Gasteiger partial charge in [-0.15, -0.1) is 0 Å². The molecule has 2 aromatic carbocycles. The number of hydrogen-bond donors (Lipinski definition) is 1. The molecule has 2 aliphatic heterocycles. The second-order valence-electron chi connectivity index (χ2n) is 9.38. The maximum absolute atomic E-state index is 14.6. The number of carbonyl (C=O) groups is 3. The predicted molar refractivity (Wildman–Crippen MR) is 140 cm³/mol. The molecule has 1 fully saturated rings. The van der Waals surface area contributed by atoms with Gasteiger partial charge in [-0.05, 0) is 43.2 Å². The summed E-state index contributed by atoms with van der Waals surface area (Å²) in [5, 5.41) is 2.94. The van der Waals surface area contributed by atoms with Crippen molar-refractivity contribution in [1.29, 1.82) is 0 Å². The largest absolute Gasteiger partial charge is 0.463 e. The molecule has 9 heteroatoms. The van der Waals surface area contributed by atoms with Gasteiger partial charge in [0.2, 0.25) is 5.91 Å². The monoisotopic (exact) mass is 523 g/mol. The van der Waals surface area contributed by atoms with E-state index in [0.29, 0.717) is 36.6 Å². The number of halogens is 1. The summed E-state index contributed by atoms with van der Waals surface area (Å²) in [6.45, 7) is 8.27. The lowest BCUT2D eigenvalue weighted by Gasteiger charge is -2.34. The predicted octanol–water partition coefficient (Wildman–Crippen LogP) is 3.24. The van der Waals surface area contributed by atoms with Gasteiger partial charge >= 0.3 is 5.97 Å². The highest BCUT2D eigenvalue weighted by Gasteiger charge is 2.38. The Labute approximate surface area is 222 Å². The first-order valence-corrected chi connectivity index (χ1v) is 13.0. The Bertz CT molecular complexity index is 1190. The number of nitrogens with zero attached hydrogens (tertiary/aromatic N) is 2. The van der Waals surface area contributed by atoms with Gasteiger partial charge in [0.15, 0.2) is 0 Å². The number of ether oxygens (including phenoxy) is 2. The van der Waals surface area contributed by atoms with E-state index in [1.807, 2.05) is 0 Å². The van der Waals surface area contributed by atoms with Crippen molar-refractivity contribution in [2.45, 2.75) is 32.7 Å². The summed E-state index contributed by atoms with van der Waals surface area (Å²) in [6.07, 6.45) is -0.0456. The SMILES string of the molecule is CCOC(=O)C1=C(C)N(Cc2ccc(C(=O)NCCN3CCOCC3)cc2)C(=O)CC1c1ccccc1F. The molecular formula is C29H34FN3O5. The molecule has 0 aliphatic carbocycles. The molecule has 0 bridgehead atoms. The lowest BCUT2D eigenvalue weighted by molar-refractivity contribution is -0.140. The van der Waals surface area contributed by atoms with Crippen LogP contribution >= 0.6 is 0 Å². The summed E-state index contributed by atoms with van der Waals surface area (Å²) in [7, 11) is 0. The van der Waals surface area contributed by atoms with Crippen LogP contribution in [0.2, 0.25) is 0 Å². The summed E-state index contributed by atoms with van der Waals surface area (Å²) in [4.78, 5) is 42.5. The van der Waals surface area contributed by atoms with E-state index in [-0.39, 0.29) is 37.0 Å². The van der Waals surface area contributed by atoms with Crippen molar-refractivity contribution in [2.75, 3.05) is 46.0 Å². The topological polar surface area (TPSA) is 88.2 Å². The molecule has 1 N–H and O–H groups in total. The van der Waals surface area contributed by atoms with Crippen LogP contribution in [0.4, 0.5) is 4.39 Å². The highest BCUT2D eigenvalue weighted by atomic mass is 19.1. The van der Waals surface area contributed by atoms with Gasteiger partial charge in [0, 0.05) is 49.8 Å². The van der Waals surface area contributed by atoms with Crippen LogP contribution in [0, 0.1) is 5.82 Å². The maximum Gasteiger partial charge on any atom is 0.336 e. The fraction of sp³-hybridized carbons (Fsp3) is 0.414. The van der Waals surface area contributed by atoms with Crippen molar-refractivity contribution in [2.24, 2.45) is 0 Å². The first-order valence-electron chi connectivity index (χ1n) is 13.0. The Hall–Kier alpha value is -3.56. The summed E-state index contributed by atoms with van der Waals surface area (Å²) >= 11 is 0. The van der Waals surface area contributed by atoms with Crippen LogP contribution in [0.3, 0.4) is 0 Å². The minimum atomic E-state index is -0.720. The van der Waals surface area contributed by atoms with Crippen LogP contribution in [0.1, 0.15) is 47.7 Å². The minimum Gasteiger partial charge on any atom is -0.463 e. The van der Waals surface area contributed by atoms with E-state index in [1.54, 1.807) is 56.3 Å². The molecule has 2 amide bonds. The summed E-state index contributed by atoms with van der Waals surface area (Å²) in [6, 6.07) is 13.2. The van der Waals surface area contributed by atoms with Crippen molar-refractivity contribution in [3.05, 3.63) is 82.3 Å². The van der Waals surface area contributed by atoms with E-state index in [9.17, 15) is 18.8 Å². The van der Waals surface area contributed by atoms with Crippen molar-refractivity contribution < 1.29 is 28.2 Å². The normalized spacial score (nSPS) is 18.4. The Morgan fingerprint density at radius 1 is 1.11 bits per heavy atom. The molecule has 2 aliphatic rings. The van der Waals surface area contributed by atoms with Crippen molar-refractivity contribution >= 4 is 17.8 Å². The smallest absolute Gasteiger partial charge is 0.336 e. The van der Waals surface area contributed by atoms with E-state index < -0.39 is 17.7 Å². The molecule has 0 radical (unpaired) electrons. The van der Waals surface area contributed by atoms with Gasteiger partial charge < -0.3 is 19.7 Å². The molecule has 0 aromatic heterocycles. The second-order valence-corrected chi connectivity index (χ2v) is 9.38. The fourth-order valence-corrected chi connectivity index (χ4v) is 4.90. The van der Waals surface area contributed by atoms with Gasteiger partial charge in [-0.3, -0.25) is 14.5 Å². The number of rotatable bonds is 9. The highest BCUT2D eigenvalue weighted by Crippen LogP contribution is 2.38. The van der Waals surface area contributed by atoms with Crippen LogP contribution in [0.15, 0.2) is 59.8 Å². The zero-order valence-corrected chi connectivity index (χ0v) is 21.9. The van der Waals surface area contributed by atoms with E-state index in [0.717, 1.165) is 25.2 Å². The summed E-state index contributed by atoms with van der Waals surface area (Å²) in [5.41, 5.74) is 2.35. The van der Waals surface area contributed by atoms with Crippen molar-refractivity contribution in [3.8, 4) is 0 Å². The molecule has 202 valence electrons. The first-order chi connectivity index (χ1) is 18.4. The molecular weight excluding hydrogens is 489 g/mol. The number of allylic oxidation sites excluding steroid dienone is 1. The number of benzene rings is 2. The number of amides is 2. The number of carbonyl (C=O) groups excluding carboxylic acids is 3. The Morgan fingerprint density at radius 2 is 1.82 bits per heavy atom. The quantitative estimate of drug-likeness (QED) is 0.508. The highest BCUT2D eigenvalue weighted by molar-refractivity contribution is 5.96. The summed E-state index contributed by atoms with van der Waals surface area (Å²) in [5.74, 6) is -2.12. The molecule has 1 atom stereocenters. The third-order valence-corrected chi connectivity index (χ3v) is 6.97. The number of morpholine rings is 1. The van der Waals surface area contributed by atoms with E-state index in [4.69, 9.17) is 9.47 Å². The van der Waals surface area contributed by atoms with Crippen LogP contribution in [0.25, 0.3) is 0 Å². The minimum absolute atomic E-state index is 0.0456. The van der Waals surface area contributed by atoms with Crippen LogP contribution in [-0.4, -0.2) is 73.6 Å². The van der Waals surface area contributed by atoms with E-state index in [1.165, 1.54) is 11.0 Å². The third kappa shape index (κ3) is 6.46. The Balaban J connectivity index is 1.46. The lowest BCUT2D eigenvalue weighted by atomic mass is 9.83. The van der Waals surface area contributed by atoms with Gasteiger partial charge in [-0.2, -0.15) is 0 Å². The Kier molecular flexibility index (Phi) is 9.25. The van der Waals surface area contributed by atoms with Crippen LogP contribution < -0.4 is 5.32 Å². The van der Waals surface area contributed by atoms with Gasteiger partial charge in [-0.25, -0.2) is 9.18 Å². The molecule has 4 rings (SSSR count). The third-order valence-electron chi connectivity index (χ3n) is 6.97. The summed E-state index contributed by atoms with van der Waals surface area (Å²) < 4.78 is 25.2. The molecule has 1 unspecified atom stereocenters. The van der Waals surface area contributed by atoms with E-state index >= 15 is 0 Å². The fourth-order valence-electron chi connectivity index (χ4n) is 4.90. The lowest BCUT2D eigenvalue weighted by Crippen LogP contribution is -2.41. The first kappa shape index (κ1) is 27.5. The molecule has 2 heterocycles. The van der Waals surface area contributed by atoms with Crippen LogP contribution in [-0.2, 0) is 25.6 Å². The van der Waals surface area contributed by atoms with Gasteiger partial charge in [-0.1, -0.05) is 30.3 Å². The number of esters is 1. The van der Waals surface area contributed by atoms with Crippen molar-refractivity contribution in [3.63, 3.8) is 0 Å². The number of nitrogens with one attached hydrogen (secondary N) is 1. The zero-order valence-electron chi connectivity index (χ0n) is 21.9. The van der Waals surface area contributed by atoms with Gasteiger partial charge in [0.1, 0.15) is 5.82 Å². The van der Waals surface area contributed by atoms with Crippen molar-refractivity contribution in [1.82, 2.24) is 15.1 Å². The van der Waals surface area contributed by atoms with Gasteiger partial charge in [0.25, 0.3) is 5.91 Å². The van der Waals surface area contributed by atoms with Crippen LogP contribution in [0.5, 0.6) is 0 Å². The molecule has 2 aromatic rings. The standard InChI is InChI=1S/C29H34FN3O5/c1-3-38-29(36)27-20(2)33(26(34)18-24(27)23-6-4-5-7-25(23)30)19-21-8-10-22(11-9-21)28(35)31-12-13-32-14-16-37-17-15-32/h4-11,24H,3,12-19H2,1-2H3,(H,31,35). The molecule has 1 saturated heterocycles. The molecule has 8 nitrogen and oxygen atoms in total. The Morgan fingerprint density at radius 3 is 2.50 bits per heavy atom.